The smallest absolute Gasteiger partial charge is 0.111 e. The molecule has 5 unspecified atom stereocenters. The summed E-state index contributed by atoms with van der Waals surface area (Å²) in [5.41, 5.74) is 5.68. The summed E-state index contributed by atoms with van der Waals surface area (Å²) in [5.74, 6) is 0.375. The average molecular weight is 255 g/mol. The van der Waals surface area contributed by atoms with Crippen molar-refractivity contribution < 1.29 is 14.2 Å². The van der Waals surface area contributed by atoms with Gasteiger partial charge in [0, 0.05) is 18.9 Å². The van der Waals surface area contributed by atoms with E-state index in [1.807, 2.05) is 0 Å². The second-order valence-electron chi connectivity index (χ2n) is 7.21. The second kappa shape index (κ2) is 3.92. The first-order valence-corrected chi connectivity index (χ1v) is 7.02. The molecule has 0 saturated carbocycles. The molecule has 4 heteroatoms. The Bertz CT molecular complexity index is 342. The third-order valence-electron chi connectivity index (χ3n) is 4.50. The van der Waals surface area contributed by atoms with Crippen LogP contribution in [0.15, 0.2) is 0 Å². The fraction of sp³-hybridized carbons (Fsp3) is 1.00. The summed E-state index contributed by atoms with van der Waals surface area (Å²) in [5, 5.41) is 0. The van der Waals surface area contributed by atoms with Gasteiger partial charge in [0.1, 0.15) is 6.10 Å². The van der Waals surface area contributed by atoms with Gasteiger partial charge in [-0.05, 0) is 34.1 Å². The highest BCUT2D eigenvalue weighted by molar-refractivity contribution is 5.05. The summed E-state index contributed by atoms with van der Waals surface area (Å²) in [7, 11) is 0. The Balaban J connectivity index is 1.86. The van der Waals surface area contributed by atoms with Crippen LogP contribution in [0, 0.1) is 5.92 Å². The lowest BCUT2D eigenvalue weighted by molar-refractivity contribution is -0.190. The van der Waals surface area contributed by atoms with E-state index in [1.165, 1.54) is 0 Å². The molecule has 0 bridgehead atoms. The van der Waals surface area contributed by atoms with Gasteiger partial charge in [-0.15, -0.1) is 0 Å². The van der Waals surface area contributed by atoms with Crippen LogP contribution < -0.4 is 5.73 Å². The first kappa shape index (κ1) is 12.9. The van der Waals surface area contributed by atoms with Gasteiger partial charge < -0.3 is 19.9 Å². The predicted molar refractivity (Wildman–Crippen MR) is 68.3 cm³/mol. The second-order valence-corrected chi connectivity index (χ2v) is 7.21. The zero-order chi connectivity index (χ0) is 13.1. The molecule has 3 rings (SSSR count). The molecule has 0 aromatic carbocycles. The van der Waals surface area contributed by atoms with Crippen LogP contribution in [0.25, 0.3) is 0 Å². The summed E-state index contributed by atoms with van der Waals surface area (Å²) in [4.78, 5) is 0. The van der Waals surface area contributed by atoms with Crippen LogP contribution in [0.1, 0.15) is 40.5 Å². The SMILES string of the molecule is CC1(C)CC2OC(CN)C3CC(C)(C)OC3C2O1. The highest BCUT2D eigenvalue weighted by Gasteiger charge is 2.58. The van der Waals surface area contributed by atoms with Gasteiger partial charge in [0.25, 0.3) is 0 Å². The normalized spacial score (nSPS) is 48.8. The van der Waals surface area contributed by atoms with Crippen molar-refractivity contribution >= 4 is 0 Å². The number of rotatable bonds is 1. The van der Waals surface area contributed by atoms with Crippen LogP contribution in [-0.4, -0.2) is 42.2 Å². The zero-order valence-corrected chi connectivity index (χ0v) is 11.8. The molecule has 5 atom stereocenters. The minimum absolute atomic E-state index is 0.0783. The Kier molecular flexibility index (Phi) is 2.80. The van der Waals surface area contributed by atoms with Crippen molar-refractivity contribution in [1.82, 2.24) is 0 Å². The molecule has 104 valence electrons. The summed E-state index contributed by atoms with van der Waals surface area (Å²) in [6.45, 7) is 9.12. The van der Waals surface area contributed by atoms with Gasteiger partial charge in [0.2, 0.25) is 0 Å². The Morgan fingerprint density at radius 1 is 1.00 bits per heavy atom. The van der Waals surface area contributed by atoms with E-state index in [4.69, 9.17) is 19.9 Å². The lowest BCUT2D eigenvalue weighted by atomic mass is 9.83. The minimum Gasteiger partial charge on any atom is -0.370 e. The molecule has 0 aromatic rings. The maximum absolute atomic E-state index is 6.23. The van der Waals surface area contributed by atoms with Gasteiger partial charge in [0.15, 0.2) is 0 Å². The van der Waals surface area contributed by atoms with Crippen molar-refractivity contribution in [2.24, 2.45) is 11.7 Å². The van der Waals surface area contributed by atoms with Crippen molar-refractivity contribution in [3.63, 3.8) is 0 Å². The Morgan fingerprint density at radius 2 is 1.61 bits per heavy atom. The van der Waals surface area contributed by atoms with Crippen LogP contribution in [0.4, 0.5) is 0 Å². The molecule has 3 fully saturated rings. The monoisotopic (exact) mass is 255 g/mol. The molecular weight excluding hydrogens is 230 g/mol. The summed E-state index contributed by atoms with van der Waals surface area (Å²) >= 11 is 0. The summed E-state index contributed by atoms with van der Waals surface area (Å²) in [6, 6.07) is 0. The quantitative estimate of drug-likeness (QED) is 0.771. The molecule has 3 saturated heterocycles. The molecular formula is C14H25NO3. The number of fused-ring (bicyclic) bond motifs is 3. The Hall–Kier alpha value is -0.160. The third-order valence-corrected chi connectivity index (χ3v) is 4.50. The Labute approximate surface area is 109 Å². The fourth-order valence-electron chi connectivity index (χ4n) is 3.89. The van der Waals surface area contributed by atoms with E-state index in [9.17, 15) is 0 Å². The molecule has 3 heterocycles. The molecule has 0 spiro atoms. The summed E-state index contributed by atoms with van der Waals surface area (Å²) in [6.07, 6.45) is 2.43. The van der Waals surface area contributed by atoms with Crippen LogP contribution in [0.5, 0.6) is 0 Å². The van der Waals surface area contributed by atoms with E-state index < -0.39 is 0 Å². The van der Waals surface area contributed by atoms with Crippen LogP contribution in [0.2, 0.25) is 0 Å². The van der Waals surface area contributed by atoms with Gasteiger partial charge >= 0.3 is 0 Å². The molecule has 0 amide bonds. The maximum atomic E-state index is 6.23. The van der Waals surface area contributed by atoms with E-state index in [2.05, 4.69) is 27.7 Å². The molecule has 0 aliphatic carbocycles. The van der Waals surface area contributed by atoms with Crippen molar-refractivity contribution in [3.05, 3.63) is 0 Å². The zero-order valence-electron chi connectivity index (χ0n) is 11.8. The highest BCUT2D eigenvalue weighted by atomic mass is 16.6. The van der Waals surface area contributed by atoms with Crippen LogP contribution in [0.3, 0.4) is 0 Å². The molecule has 3 aliphatic heterocycles. The molecule has 18 heavy (non-hydrogen) atoms. The van der Waals surface area contributed by atoms with Gasteiger partial charge in [-0.25, -0.2) is 0 Å². The van der Waals surface area contributed by atoms with Crippen molar-refractivity contribution in [2.45, 2.75) is 76.2 Å². The van der Waals surface area contributed by atoms with Gasteiger partial charge in [-0.2, -0.15) is 0 Å². The van der Waals surface area contributed by atoms with Crippen LogP contribution in [-0.2, 0) is 14.2 Å². The molecule has 0 radical (unpaired) electrons. The van der Waals surface area contributed by atoms with E-state index in [-0.39, 0.29) is 35.6 Å². The molecule has 0 aromatic heterocycles. The lowest BCUT2D eigenvalue weighted by Crippen LogP contribution is -2.53. The number of nitrogens with two attached hydrogens (primary N) is 1. The largest absolute Gasteiger partial charge is 0.370 e. The maximum Gasteiger partial charge on any atom is 0.111 e. The number of hydrogen-bond donors (Lipinski definition) is 1. The fourth-order valence-corrected chi connectivity index (χ4v) is 3.89. The minimum atomic E-state index is -0.112. The average Bonchev–Trinajstić information content (AvgIpc) is 2.71. The van der Waals surface area contributed by atoms with E-state index in [1.54, 1.807) is 0 Å². The van der Waals surface area contributed by atoms with Crippen molar-refractivity contribution in [1.29, 1.82) is 0 Å². The van der Waals surface area contributed by atoms with Gasteiger partial charge in [-0.3, -0.25) is 0 Å². The standard InChI is InChI=1S/C14H25NO3/c1-13(2)5-8-10(7-15)16-9-6-14(3,4)18-12(9)11(8)17-13/h8-12H,5-7,15H2,1-4H3. The number of ether oxygens (including phenoxy) is 3. The third kappa shape index (κ3) is 1.99. The van der Waals surface area contributed by atoms with Crippen LogP contribution >= 0.6 is 0 Å². The highest BCUT2D eigenvalue weighted by Crippen LogP contribution is 2.48. The first-order chi connectivity index (χ1) is 8.31. The predicted octanol–water partition coefficient (Wildman–Crippen LogP) is 1.46. The van der Waals surface area contributed by atoms with Crippen molar-refractivity contribution in [2.75, 3.05) is 6.54 Å². The topological polar surface area (TPSA) is 53.7 Å². The molecule has 2 N–H and O–H groups in total. The summed E-state index contributed by atoms with van der Waals surface area (Å²) < 4.78 is 18.6. The van der Waals surface area contributed by atoms with Gasteiger partial charge in [0.05, 0.1) is 29.5 Å². The van der Waals surface area contributed by atoms with E-state index in [0.717, 1.165) is 12.8 Å². The first-order valence-electron chi connectivity index (χ1n) is 7.02. The number of hydrogen-bond acceptors (Lipinski definition) is 4. The van der Waals surface area contributed by atoms with E-state index in [0.29, 0.717) is 12.5 Å². The lowest BCUT2D eigenvalue weighted by Gasteiger charge is -2.39. The molecule has 4 nitrogen and oxygen atoms in total. The molecule has 3 aliphatic rings. The van der Waals surface area contributed by atoms with E-state index >= 15 is 0 Å². The Morgan fingerprint density at radius 3 is 2.28 bits per heavy atom. The van der Waals surface area contributed by atoms with Crippen molar-refractivity contribution in [3.8, 4) is 0 Å². The van der Waals surface area contributed by atoms with Gasteiger partial charge in [-0.1, -0.05) is 0 Å².